The standard InChI is InChI=1S/C16H23N5O2S/c1-19(2)16(22)11-23-10-13-6-20(9-15-18-3-4-24-15)8-14-5-17-12-21(14)7-13/h3-5,12-13H,6-11H2,1-2H3. The van der Waals surface area contributed by atoms with Crippen molar-refractivity contribution < 1.29 is 9.53 Å². The van der Waals surface area contributed by atoms with Crippen molar-refractivity contribution in [1.82, 2.24) is 24.3 Å². The van der Waals surface area contributed by atoms with Gasteiger partial charge in [0, 0.05) is 57.4 Å². The minimum Gasteiger partial charge on any atom is -0.371 e. The Labute approximate surface area is 145 Å². The molecule has 0 radical (unpaired) electrons. The fourth-order valence-corrected chi connectivity index (χ4v) is 3.49. The van der Waals surface area contributed by atoms with Crippen molar-refractivity contribution in [1.29, 1.82) is 0 Å². The SMILES string of the molecule is CN(C)C(=O)COCC1CN(Cc2nccs2)Cc2cncn2C1. The molecule has 0 fully saturated rings. The highest BCUT2D eigenvalue weighted by Crippen LogP contribution is 2.19. The summed E-state index contributed by atoms with van der Waals surface area (Å²) in [5.41, 5.74) is 1.21. The van der Waals surface area contributed by atoms with Gasteiger partial charge in [0.15, 0.2) is 0 Å². The molecule has 1 amide bonds. The number of carbonyl (C=O) groups excluding carboxylic acids is 1. The van der Waals surface area contributed by atoms with E-state index in [9.17, 15) is 4.79 Å². The summed E-state index contributed by atoms with van der Waals surface area (Å²) < 4.78 is 7.85. The molecule has 1 aliphatic rings. The lowest BCUT2D eigenvalue weighted by Crippen LogP contribution is -2.32. The van der Waals surface area contributed by atoms with Gasteiger partial charge in [-0.2, -0.15) is 0 Å². The fourth-order valence-electron chi connectivity index (χ4n) is 2.83. The van der Waals surface area contributed by atoms with Gasteiger partial charge in [0.1, 0.15) is 11.6 Å². The van der Waals surface area contributed by atoms with E-state index in [1.807, 2.05) is 24.1 Å². The second kappa shape index (κ2) is 7.87. The lowest BCUT2D eigenvalue weighted by molar-refractivity contribution is -0.134. The van der Waals surface area contributed by atoms with Gasteiger partial charge in [0.05, 0.1) is 25.2 Å². The first-order chi connectivity index (χ1) is 11.6. The lowest BCUT2D eigenvalue weighted by atomic mass is 10.1. The normalized spacial score (nSPS) is 18.2. The molecule has 0 saturated carbocycles. The van der Waals surface area contributed by atoms with E-state index in [0.717, 1.165) is 31.2 Å². The van der Waals surface area contributed by atoms with E-state index < -0.39 is 0 Å². The van der Waals surface area contributed by atoms with Crippen LogP contribution in [0, 0.1) is 5.92 Å². The highest BCUT2D eigenvalue weighted by Gasteiger charge is 2.23. The minimum absolute atomic E-state index is 0.00779. The molecule has 1 aliphatic heterocycles. The quantitative estimate of drug-likeness (QED) is 0.781. The Morgan fingerprint density at radius 2 is 2.33 bits per heavy atom. The molecular formula is C16H23N5O2S. The van der Waals surface area contributed by atoms with Crippen molar-refractivity contribution in [3.8, 4) is 0 Å². The molecule has 1 unspecified atom stereocenters. The summed E-state index contributed by atoms with van der Waals surface area (Å²) >= 11 is 1.68. The van der Waals surface area contributed by atoms with Gasteiger partial charge in [-0.15, -0.1) is 11.3 Å². The van der Waals surface area contributed by atoms with E-state index in [1.165, 1.54) is 5.69 Å². The van der Waals surface area contributed by atoms with Gasteiger partial charge >= 0.3 is 0 Å². The van der Waals surface area contributed by atoms with Crippen molar-refractivity contribution in [2.24, 2.45) is 5.92 Å². The van der Waals surface area contributed by atoms with Gasteiger partial charge in [0.2, 0.25) is 5.91 Å². The largest absolute Gasteiger partial charge is 0.371 e. The smallest absolute Gasteiger partial charge is 0.248 e. The molecule has 0 bridgehead atoms. The zero-order chi connectivity index (χ0) is 16.9. The summed E-state index contributed by atoms with van der Waals surface area (Å²) in [6.45, 7) is 4.15. The third-order valence-electron chi connectivity index (χ3n) is 4.08. The van der Waals surface area contributed by atoms with Crippen LogP contribution in [0.1, 0.15) is 10.7 Å². The second-order valence-corrected chi connectivity index (χ2v) is 7.28. The lowest BCUT2D eigenvalue weighted by Gasteiger charge is -2.23. The van der Waals surface area contributed by atoms with Crippen molar-refractivity contribution >= 4 is 17.2 Å². The molecule has 2 aromatic rings. The first kappa shape index (κ1) is 17.1. The van der Waals surface area contributed by atoms with Gasteiger partial charge in [-0.05, 0) is 0 Å². The minimum atomic E-state index is -0.00779. The van der Waals surface area contributed by atoms with E-state index >= 15 is 0 Å². The first-order valence-electron chi connectivity index (χ1n) is 7.99. The number of hydrogen-bond donors (Lipinski definition) is 0. The maximum absolute atomic E-state index is 11.7. The summed E-state index contributed by atoms with van der Waals surface area (Å²) in [5.74, 6) is 0.307. The molecule has 3 heterocycles. The van der Waals surface area contributed by atoms with Crippen LogP contribution in [-0.2, 0) is 29.2 Å². The summed E-state index contributed by atoms with van der Waals surface area (Å²) in [6, 6.07) is 0. The molecular weight excluding hydrogens is 326 g/mol. The van der Waals surface area contributed by atoms with Crippen LogP contribution in [0.15, 0.2) is 24.1 Å². The number of aromatic nitrogens is 3. The Hall–Kier alpha value is -1.77. The zero-order valence-corrected chi connectivity index (χ0v) is 14.9. The predicted octanol–water partition coefficient (Wildman–Crippen LogP) is 1.08. The number of nitrogens with zero attached hydrogens (tertiary/aromatic N) is 5. The van der Waals surface area contributed by atoms with E-state index in [0.29, 0.717) is 12.5 Å². The topological polar surface area (TPSA) is 63.5 Å². The van der Waals surface area contributed by atoms with Gasteiger partial charge in [-0.1, -0.05) is 0 Å². The molecule has 7 nitrogen and oxygen atoms in total. The van der Waals surface area contributed by atoms with Crippen molar-refractivity contribution in [3.05, 3.63) is 34.8 Å². The van der Waals surface area contributed by atoms with Crippen molar-refractivity contribution in [2.75, 3.05) is 33.9 Å². The average molecular weight is 349 g/mol. The van der Waals surface area contributed by atoms with E-state index in [-0.39, 0.29) is 12.5 Å². The summed E-state index contributed by atoms with van der Waals surface area (Å²) in [5, 5.41) is 3.12. The predicted molar refractivity (Wildman–Crippen MR) is 91.5 cm³/mol. The molecule has 0 spiro atoms. The Morgan fingerprint density at radius 1 is 1.46 bits per heavy atom. The summed E-state index contributed by atoms with van der Waals surface area (Å²) in [7, 11) is 3.48. The van der Waals surface area contributed by atoms with Crippen molar-refractivity contribution in [2.45, 2.75) is 19.6 Å². The second-order valence-electron chi connectivity index (χ2n) is 6.30. The van der Waals surface area contributed by atoms with Crippen LogP contribution in [0.25, 0.3) is 0 Å². The monoisotopic (exact) mass is 349 g/mol. The highest BCUT2D eigenvalue weighted by molar-refractivity contribution is 7.09. The molecule has 130 valence electrons. The molecule has 8 heteroatoms. The van der Waals surface area contributed by atoms with Crippen LogP contribution in [0.5, 0.6) is 0 Å². The number of likely N-dealkylation sites (N-methyl/N-ethyl adjacent to an activating group) is 1. The van der Waals surface area contributed by atoms with Crippen LogP contribution in [0.2, 0.25) is 0 Å². The van der Waals surface area contributed by atoms with Gasteiger partial charge < -0.3 is 14.2 Å². The Morgan fingerprint density at radius 3 is 3.08 bits per heavy atom. The molecule has 0 saturated heterocycles. The number of imidazole rings is 1. The number of hydrogen-bond acceptors (Lipinski definition) is 6. The number of thiazole rings is 1. The summed E-state index contributed by atoms with van der Waals surface area (Å²) in [4.78, 5) is 24.2. The number of rotatable bonds is 6. The average Bonchev–Trinajstić information content (AvgIpc) is 3.16. The van der Waals surface area contributed by atoms with Crippen LogP contribution in [-0.4, -0.2) is 64.1 Å². The molecule has 0 aromatic carbocycles. The van der Waals surface area contributed by atoms with Crippen LogP contribution >= 0.6 is 11.3 Å². The number of fused-ring (bicyclic) bond motifs is 1. The maximum Gasteiger partial charge on any atom is 0.248 e. The number of ether oxygens (including phenoxy) is 1. The third kappa shape index (κ3) is 4.40. The molecule has 24 heavy (non-hydrogen) atoms. The first-order valence-corrected chi connectivity index (χ1v) is 8.87. The third-order valence-corrected chi connectivity index (χ3v) is 4.84. The van der Waals surface area contributed by atoms with Gasteiger partial charge in [-0.3, -0.25) is 9.69 Å². The Bertz CT molecular complexity index is 655. The number of carbonyl (C=O) groups is 1. The Balaban J connectivity index is 1.62. The van der Waals surface area contributed by atoms with E-state index in [2.05, 4.69) is 19.4 Å². The summed E-state index contributed by atoms with van der Waals surface area (Å²) in [6.07, 6.45) is 5.64. The van der Waals surface area contributed by atoms with Crippen LogP contribution in [0.4, 0.5) is 0 Å². The highest BCUT2D eigenvalue weighted by atomic mass is 32.1. The zero-order valence-electron chi connectivity index (χ0n) is 14.1. The van der Waals surface area contributed by atoms with Crippen molar-refractivity contribution in [3.63, 3.8) is 0 Å². The molecule has 0 aliphatic carbocycles. The van der Waals surface area contributed by atoms with Gasteiger partial charge in [-0.25, -0.2) is 9.97 Å². The fraction of sp³-hybridized carbons (Fsp3) is 0.562. The van der Waals surface area contributed by atoms with Crippen LogP contribution in [0.3, 0.4) is 0 Å². The molecule has 3 rings (SSSR count). The molecule has 2 aromatic heterocycles. The molecule has 1 atom stereocenters. The molecule has 0 N–H and O–H groups in total. The number of amides is 1. The van der Waals surface area contributed by atoms with Gasteiger partial charge in [0.25, 0.3) is 0 Å². The maximum atomic E-state index is 11.7. The van der Waals surface area contributed by atoms with E-state index in [4.69, 9.17) is 4.74 Å². The Kier molecular flexibility index (Phi) is 5.60. The van der Waals surface area contributed by atoms with E-state index in [1.54, 1.807) is 30.3 Å². The van der Waals surface area contributed by atoms with Crippen LogP contribution < -0.4 is 0 Å².